The maximum atomic E-state index is 13.1. The summed E-state index contributed by atoms with van der Waals surface area (Å²) >= 11 is 0. The van der Waals surface area contributed by atoms with E-state index in [4.69, 9.17) is 4.99 Å². The highest BCUT2D eigenvalue weighted by Crippen LogP contribution is 2.25. The van der Waals surface area contributed by atoms with E-state index >= 15 is 0 Å². The Labute approximate surface area is 152 Å². The molecular weight excluding hydrogens is 325 g/mol. The van der Waals surface area contributed by atoms with Crippen LogP contribution in [-0.2, 0) is 6.54 Å². The highest BCUT2D eigenvalue weighted by atomic mass is 19.1. The number of hydrogen-bond acceptors (Lipinski definition) is 1. The molecule has 1 aliphatic rings. The molecule has 3 aromatic rings. The van der Waals surface area contributed by atoms with E-state index in [1.54, 1.807) is 12.1 Å². The molecule has 1 atom stereocenters. The maximum absolute atomic E-state index is 13.1. The third-order valence-electron chi connectivity index (χ3n) is 4.52. The van der Waals surface area contributed by atoms with Crippen molar-refractivity contribution < 1.29 is 4.39 Å². The molecule has 0 bridgehead atoms. The van der Waals surface area contributed by atoms with Gasteiger partial charge in [0.25, 0.3) is 0 Å². The van der Waals surface area contributed by atoms with E-state index < -0.39 is 0 Å². The van der Waals surface area contributed by atoms with Gasteiger partial charge >= 0.3 is 0 Å². The lowest BCUT2D eigenvalue weighted by atomic mass is 10.1. The zero-order valence-corrected chi connectivity index (χ0v) is 14.3. The lowest BCUT2D eigenvalue weighted by Gasteiger charge is -2.17. The molecule has 0 radical (unpaired) electrons. The average molecular weight is 345 g/mol. The van der Waals surface area contributed by atoms with Crippen molar-refractivity contribution in [2.45, 2.75) is 12.6 Å². The molecule has 3 nitrogen and oxygen atoms in total. The lowest BCUT2D eigenvalue weighted by molar-refractivity contribution is 0.627. The number of hydrogen-bond donors (Lipinski definition) is 1. The monoisotopic (exact) mass is 345 g/mol. The highest BCUT2D eigenvalue weighted by molar-refractivity contribution is 5.98. The minimum absolute atomic E-state index is 0.184. The first-order valence-electron chi connectivity index (χ1n) is 8.72. The number of aliphatic imine (C=N–C) groups is 1. The SMILES string of the molecule is Fc1ccc(CN=C2NC(c3ccccc3)CN2c2ccccc2)cc1. The Morgan fingerprint density at radius 3 is 2.23 bits per heavy atom. The van der Waals surface area contributed by atoms with Crippen LogP contribution in [0.5, 0.6) is 0 Å². The van der Waals surface area contributed by atoms with Gasteiger partial charge in [-0.15, -0.1) is 0 Å². The summed E-state index contributed by atoms with van der Waals surface area (Å²) in [5.74, 6) is 0.616. The largest absolute Gasteiger partial charge is 0.347 e. The first-order chi connectivity index (χ1) is 12.8. The fourth-order valence-electron chi connectivity index (χ4n) is 3.15. The van der Waals surface area contributed by atoms with E-state index in [0.29, 0.717) is 6.54 Å². The summed E-state index contributed by atoms with van der Waals surface area (Å²) in [6.07, 6.45) is 0. The van der Waals surface area contributed by atoms with Crippen molar-refractivity contribution in [1.82, 2.24) is 5.32 Å². The highest BCUT2D eigenvalue weighted by Gasteiger charge is 2.28. The normalized spacial score (nSPS) is 18.1. The molecule has 4 heteroatoms. The predicted molar refractivity (Wildman–Crippen MR) is 104 cm³/mol. The number of guanidine groups is 1. The van der Waals surface area contributed by atoms with Crippen LogP contribution in [-0.4, -0.2) is 12.5 Å². The minimum Gasteiger partial charge on any atom is -0.347 e. The maximum Gasteiger partial charge on any atom is 0.199 e. The first-order valence-corrected chi connectivity index (χ1v) is 8.72. The van der Waals surface area contributed by atoms with Crippen molar-refractivity contribution in [2.24, 2.45) is 4.99 Å². The minimum atomic E-state index is -0.226. The van der Waals surface area contributed by atoms with Gasteiger partial charge in [-0.1, -0.05) is 60.7 Å². The molecule has 0 spiro atoms. The van der Waals surface area contributed by atoms with Gasteiger partial charge in [-0.05, 0) is 35.4 Å². The van der Waals surface area contributed by atoms with E-state index in [2.05, 4.69) is 46.6 Å². The average Bonchev–Trinajstić information content (AvgIpc) is 3.13. The molecule has 130 valence electrons. The molecule has 1 saturated heterocycles. The van der Waals surface area contributed by atoms with Crippen molar-refractivity contribution in [3.05, 3.63) is 102 Å². The van der Waals surface area contributed by atoms with Crippen LogP contribution in [0.1, 0.15) is 17.2 Å². The van der Waals surface area contributed by atoms with Gasteiger partial charge in [0.1, 0.15) is 5.82 Å². The van der Waals surface area contributed by atoms with E-state index in [-0.39, 0.29) is 11.9 Å². The van der Waals surface area contributed by atoms with Crippen LogP contribution in [0.3, 0.4) is 0 Å². The van der Waals surface area contributed by atoms with Crippen molar-refractivity contribution in [1.29, 1.82) is 0 Å². The van der Waals surface area contributed by atoms with Crippen LogP contribution in [0.4, 0.5) is 10.1 Å². The Morgan fingerprint density at radius 1 is 0.885 bits per heavy atom. The van der Waals surface area contributed by atoms with Gasteiger partial charge in [-0.25, -0.2) is 9.38 Å². The van der Waals surface area contributed by atoms with Crippen molar-refractivity contribution >= 4 is 11.6 Å². The molecule has 26 heavy (non-hydrogen) atoms. The third-order valence-corrected chi connectivity index (χ3v) is 4.52. The molecule has 1 unspecified atom stereocenters. The molecular formula is C22H20FN3. The third kappa shape index (κ3) is 3.59. The van der Waals surface area contributed by atoms with Crippen LogP contribution in [0.25, 0.3) is 0 Å². The standard InChI is InChI=1S/C22H20FN3/c23-19-13-11-17(12-14-19)15-24-22-25-21(18-7-3-1-4-8-18)16-26(22)20-9-5-2-6-10-20/h1-14,21H,15-16H2,(H,24,25). The zero-order chi connectivity index (χ0) is 17.8. The Kier molecular flexibility index (Phi) is 4.65. The zero-order valence-electron chi connectivity index (χ0n) is 14.3. The van der Waals surface area contributed by atoms with Gasteiger partial charge in [-0.2, -0.15) is 0 Å². The van der Waals surface area contributed by atoms with Gasteiger partial charge in [-0.3, -0.25) is 0 Å². The molecule has 0 amide bonds. The van der Waals surface area contributed by atoms with Crippen molar-refractivity contribution in [3.8, 4) is 0 Å². The number of anilines is 1. The summed E-state index contributed by atoms with van der Waals surface area (Å²) in [5.41, 5.74) is 3.33. The van der Waals surface area contributed by atoms with E-state index in [9.17, 15) is 4.39 Å². The van der Waals surface area contributed by atoms with Crippen LogP contribution < -0.4 is 10.2 Å². The lowest BCUT2D eigenvalue weighted by Crippen LogP contribution is -2.30. The molecule has 1 N–H and O–H groups in total. The fraction of sp³-hybridized carbons (Fsp3) is 0.136. The Balaban J connectivity index is 1.60. The van der Waals surface area contributed by atoms with Gasteiger partial charge in [0.2, 0.25) is 0 Å². The molecule has 0 aromatic heterocycles. The Bertz CT molecular complexity index is 876. The number of benzene rings is 3. The second-order valence-electron chi connectivity index (χ2n) is 6.32. The summed E-state index contributed by atoms with van der Waals surface area (Å²) in [7, 11) is 0. The molecule has 1 aliphatic heterocycles. The van der Waals surface area contributed by atoms with Crippen LogP contribution in [0, 0.1) is 5.82 Å². The van der Waals surface area contributed by atoms with Gasteiger partial charge in [0.05, 0.1) is 19.1 Å². The van der Waals surface area contributed by atoms with Crippen molar-refractivity contribution in [3.63, 3.8) is 0 Å². The first kappa shape index (κ1) is 16.3. The summed E-state index contributed by atoms with van der Waals surface area (Å²) in [6, 6.07) is 27.3. The summed E-state index contributed by atoms with van der Waals surface area (Å²) in [5, 5.41) is 3.54. The smallest absolute Gasteiger partial charge is 0.199 e. The Hall–Kier alpha value is -3.14. The fourth-order valence-corrected chi connectivity index (χ4v) is 3.15. The molecule has 0 aliphatic carbocycles. The number of halogens is 1. The molecule has 1 heterocycles. The number of para-hydroxylation sites is 1. The predicted octanol–water partition coefficient (Wildman–Crippen LogP) is 4.53. The van der Waals surface area contributed by atoms with Crippen LogP contribution >= 0.6 is 0 Å². The van der Waals surface area contributed by atoms with Crippen LogP contribution in [0.15, 0.2) is 89.9 Å². The number of nitrogens with zero attached hydrogens (tertiary/aromatic N) is 2. The summed E-state index contributed by atoms with van der Waals surface area (Å²) < 4.78 is 13.1. The second-order valence-corrected chi connectivity index (χ2v) is 6.32. The molecule has 0 saturated carbocycles. The van der Waals surface area contributed by atoms with E-state index in [0.717, 1.165) is 23.8 Å². The van der Waals surface area contributed by atoms with E-state index in [1.165, 1.54) is 17.7 Å². The van der Waals surface area contributed by atoms with E-state index in [1.807, 2.05) is 24.3 Å². The topological polar surface area (TPSA) is 27.6 Å². The molecule has 1 fully saturated rings. The molecule has 4 rings (SSSR count). The molecule has 3 aromatic carbocycles. The van der Waals surface area contributed by atoms with Gasteiger partial charge in [0, 0.05) is 5.69 Å². The number of rotatable bonds is 4. The Morgan fingerprint density at radius 2 is 1.54 bits per heavy atom. The van der Waals surface area contributed by atoms with Gasteiger partial charge < -0.3 is 10.2 Å². The number of nitrogens with one attached hydrogen (secondary N) is 1. The van der Waals surface area contributed by atoms with Crippen molar-refractivity contribution in [2.75, 3.05) is 11.4 Å². The van der Waals surface area contributed by atoms with Crippen LogP contribution in [0.2, 0.25) is 0 Å². The quantitative estimate of drug-likeness (QED) is 0.752. The summed E-state index contributed by atoms with van der Waals surface area (Å²) in [4.78, 5) is 6.96. The summed E-state index contributed by atoms with van der Waals surface area (Å²) in [6.45, 7) is 1.32. The van der Waals surface area contributed by atoms with Gasteiger partial charge in [0.15, 0.2) is 5.96 Å². The second kappa shape index (κ2) is 7.40.